The topological polar surface area (TPSA) is 17.1 Å². The summed E-state index contributed by atoms with van der Waals surface area (Å²) in [4.78, 5) is 11.9. The number of ketones is 1. The summed E-state index contributed by atoms with van der Waals surface area (Å²) in [6.07, 6.45) is 20.4. The number of carbonyl (C=O) groups is 1. The van der Waals surface area contributed by atoms with Crippen LogP contribution in [0, 0.1) is 46.3 Å². The monoisotopic (exact) mass is 380 g/mol. The van der Waals surface area contributed by atoms with E-state index in [0.717, 1.165) is 23.7 Å². The van der Waals surface area contributed by atoms with Gasteiger partial charge in [-0.25, -0.2) is 0 Å². The second kappa shape index (κ2) is 7.29. The maximum Gasteiger partial charge on any atom is 0.178 e. The summed E-state index contributed by atoms with van der Waals surface area (Å²) < 4.78 is 0. The van der Waals surface area contributed by atoms with E-state index in [1.54, 1.807) is 0 Å². The second-order valence-corrected chi connectivity index (χ2v) is 11.3. The van der Waals surface area contributed by atoms with Gasteiger partial charge >= 0.3 is 0 Å². The van der Waals surface area contributed by atoms with Gasteiger partial charge in [0.1, 0.15) is 0 Å². The number of rotatable bonds is 5. The molecule has 0 aliphatic heterocycles. The van der Waals surface area contributed by atoms with Crippen LogP contribution in [0.1, 0.15) is 79.6 Å². The Bertz CT molecular complexity index is 710. The third-order valence-electron chi connectivity index (χ3n) is 9.32. The van der Waals surface area contributed by atoms with Crippen LogP contribution in [0.3, 0.4) is 0 Å². The summed E-state index contributed by atoms with van der Waals surface area (Å²) in [5.41, 5.74) is 1.82. The average Bonchev–Trinajstić information content (AvgIpc) is 2.99. The highest BCUT2D eigenvalue weighted by atomic mass is 16.1. The highest BCUT2D eigenvalue weighted by molar-refractivity contribution is 6.01. The lowest BCUT2D eigenvalue weighted by Gasteiger charge is -2.55. The molecule has 154 valence electrons. The van der Waals surface area contributed by atoms with E-state index in [-0.39, 0.29) is 11.2 Å². The maximum absolute atomic E-state index is 11.9. The normalized spacial score (nSPS) is 42.8. The van der Waals surface area contributed by atoms with Gasteiger partial charge in [0.25, 0.3) is 0 Å². The van der Waals surface area contributed by atoms with Crippen molar-refractivity contribution >= 4 is 5.78 Å². The van der Waals surface area contributed by atoms with Gasteiger partial charge in [-0.05, 0) is 84.3 Å². The van der Waals surface area contributed by atoms with Gasteiger partial charge in [-0.2, -0.15) is 0 Å². The zero-order valence-corrected chi connectivity index (χ0v) is 18.7. The number of allylic oxidation sites excluding steroid dienone is 6. The van der Waals surface area contributed by atoms with E-state index >= 15 is 0 Å². The minimum atomic E-state index is 0.0651. The van der Waals surface area contributed by atoms with Crippen LogP contribution in [0.2, 0.25) is 0 Å². The zero-order chi connectivity index (χ0) is 20.1. The van der Waals surface area contributed by atoms with E-state index in [0.29, 0.717) is 17.3 Å². The molecule has 4 aliphatic carbocycles. The van der Waals surface area contributed by atoms with Crippen molar-refractivity contribution in [1.82, 2.24) is 0 Å². The Morgan fingerprint density at radius 1 is 1.04 bits per heavy atom. The van der Waals surface area contributed by atoms with Gasteiger partial charge in [0, 0.05) is 5.41 Å². The van der Waals surface area contributed by atoms with Gasteiger partial charge in [-0.15, -0.1) is 0 Å². The largest absolute Gasteiger partial charge is 0.290 e. The molecule has 3 unspecified atom stereocenters. The minimum absolute atomic E-state index is 0.0651. The Hall–Kier alpha value is -1.11. The van der Waals surface area contributed by atoms with Crippen LogP contribution in [-0.4, -0.2) is 5.78 Å². The van der Waals surface area contributed by atoms with Crippen molar-refractivity contribution in [3.8, 4) is 0 Å². The first-order chi connectivity index (χ1) is 13.3. The van der Waals surface area contributed by atoms with Gasteiger partial charge in [-0.1, -0.05) is 72.1 Å². The molecule has 1 nitrogen and oxygen atoms in total. The quantitative estimate of drug-likeness (QED) is 0.495. The number of carbonyl (C=O) groups excluding carboxylic acids is 1. The summed E-state index contributed by atoms with van der Waals surface area (Å²) >= 11 is 0. The average molecular weight is 381 g/mol. The Kier molecular flexibility index (Phi) is 5.26. The van der Waals surface area contributed by atoms with Crippen LogP contribution in [0.25, 0.3) is 0 Å². The number of hydrogen-bond donors (Lipinski definition) is 0. The van der Waals surface area contributed by atoms with Crippen LogP contribution in [-0.2, 0) is 4.79 Å². The molecule has 0 aromatic heterocycles. The molecular weight excluding hydrogens is 340 g/mol. The van der Waals surface area contributed by atoms with Crippen molar-refractivity contribution in [2.24, 2.45) is 46.3 Å². The lowest BCUT2D eigenvalue weighted by atomic mass is 9.49. The van der Waals surface area contributed by atoms with Crippen molar-refractivity contribution < 1.29 is 4.79 Å². The standard InChI is InChI=1S/C27H40O/c1-18(2)7-6-8-19(3)23-11-12-24-22-10-9-20-17-21(28)13-15-26(20,4)25(22)14-16-27(23,24)5/h9-10,13,15,17-19,22-25H,6-8,11-12,14,16H2,1-5H3/t19-,22?,23-,24?,25?,26+,27-/m1/s1. The Balaban J connectivity index is 1.54. The van der Waals surface area contributed by atoms with Crippen LogP contribution >= 0.6 is 0 Å². The number of hydrogen-bond acceptors (Lipinski definition) is 1. The van der Waals surface area contributed by atoms with E-state index in [1.807, 2.05) is 12.2 Å². The first-order valence-corrected chi connectivity index (χ1v) is 11.9. The Morgan fingerprint density at radius 2 is 1.82 bits per heavy atom. The van der Waals surface area contributed by atoms with Crippen LogP contribution in [0.15, 0.2) is 36.0 Å². The second-order valence-electron chi connectivity index (χ2n) is 11.3. The molecule has 0 aromatic carbocycles. The molecule has 4 aliphatic rings. The van der Waals surface area contributed by atoms with Crippen molar-refractivity contribution in [3.05, 3.63) is 36.0 Å². The molecular formula is C27H40O. The Morgan fingerprint density at radius 3 is 2.57 bits per heavy atom. The van der Waals surface area contributed by atoms with E-state index in [2.05, 4.69) is 52.8 Å². The molecule has 0 bridgehead atoms. The summed E-state index contributed by atoms with van der Waals surface area (Å²) in [5.74, 6) is 4.92. The fraction of sp³-hybridized carbons (Fsp3) is 0.741. The molecule has 2 saturated carbocycles. The van der Waals surface area contributed by atoms with Crippen LogP contribution in [0.5, 0.6) is 0 Å². The van der Waals surface area contributed by atoms with Crippen molar-refractivity contribution in [3.63, 3.8) is 0 Å². The molecule has 0 radical (unpaired) electrons. The third kappa shape index (κ3) is 3.17. The molecule has 0 heterocycles. The minimum Gasteiger partial charge on any atom is -0.290 e. The van der Waals surface area contributed by atoms with E-state index < -0.39 is 0 Å². The molecule has 4 rings (SSSR count). The lowest BCUT2D eigenvalue weighted by Crippen LogP contribution is -2.48. The molecule has 0 aromatic rings. The molecule has 28 heavy (non-hydrogen) atoms. The predicted molar refractivity (Wildman–Crippen MR) is 118 cm³/mol. The third-order valence-corrected chi connectivity index (χ3v) is 9.32. The summed E-state index contributed by atoms with van der Waals surface area (Å²) in [6, 6.07) is 0. The first-order valence-electron chi connectivity index (χ1n) is 11.9. The molecule has 2 fully saturated rings. The SMILES string of the molecule is CC(C)CCC[C@@H](C)[C@H]1CCC2C3C=CC4=CC(=O)C=C[C@]4(C)C3CC[C@@]21C. The van der Waals surface area contributed by atoms with Crippen molar-refractivity contribution in [1.29, 1.82) is 0 Å². The maximum atomic E-state index is 11.9. The van der Waals surface area contributed by atoms with Crippen LogP contribution < -0.4 is 0 Å². The first kappa shape index (κ1) is 20.2. The number of fused-ring (bicyclic) bond motifs is 5. The smallest absolute Gasteiger partial charge is 0.178 e. The van der Waals surface area contributed by atoms with Gasteiger partial charge in [0.05, 0.1) is 0 Å². The fourth-order valence-electron chi connectivity index (χ4n) is 7.68. The molecule has 7 atom stereocenters. The van der Waals surface area contributed by atoms with Crippen LogP contribution in [0.4, 0.5) is 0 Å². The van der Waals surface area contributed by atoms with Gasteiger partial charge < -0.3 is 0 Å². The molecule has 0 N–H and O–H groups in total. The zero-order valence-electron chi connectivity index (χ0n) is 18.7. The summed E-state index contributed by atoms with van der Waals surface area (Å²) in [6.45, 7) is 12.3. The predicted octanol–water partition coefficient (Wildman–Crippen LogP) is 7.15. The lowest BCUT2D eigenvalue weighted by molar-refractivity contribution is -0.110. The molecule has 0 saturated heterocycles. The van der Waals surface area contributed by atoms with Gasteiger partial charge in [0.2, 0.25) is 0 Å². The Labute approximate surface area is 172 Å². The van der Waals surface area contributed by atoms with Gasteiger partial charge in [0.15, 0.2) is 5.78 Å². The fourth-order valence-corrected chi connectivity index (χ4v) is 7.68. The molecule has 0 amide bonds. The van der Waals surface area contributed by atoms with Crippen molar-refractivity contribution in [2.75, 3.05) is 0 Å². The highest BCUT2D eigenvalue weighted by Crippen LogP contribution is 2.65. The van der Waals surface area contributed by atoms with E-state index in [9.17, 15) is 4.79 Å². The van der Waals surface area contributed by atoms with E-state index in [4.69, 9.17) is 0 Å². The van der Waals surface area contributed by atoms with Gasteiger partial charge in [-0.3, -0.25) is 4.79 Å². The summed E-state index contributed by atoms with van der Waals surface area (Å²) in [7, 11) is 0. The molecule has 1 heteroatoms. The van der Waals surface area contributed by atoms with E-state index in [1.165, 1.54) is 50.5 Å². The summed E-state index contributed by atoms with van der Waals surface area (Å²) in [5, 5.41) is 0. The highest BCUT2D eigenvalue weighted by Gasteiger charge is 2.57. The molecule has 0 spiro atoms. The van der Waals surface area contributed by atoms with Crippen molar-refractivity contribution in [2.45, 2.75) is 79.6 Å².